The summed E-state index contributed by atoms with van der Waals surface area (Å²) in [5, 5.41) is 6.37. The topological polar surface area (TPSA) is 54.0 Å². The van der Waals surface area contributed by atoms with E-state index >= 15 is 0 Å². The van der Waals surface area contributed by atoms with Crippen LogP contribution < -0.4 is 10.6 Å². The molecule has 19 heavy (non-hydrogen) atoms. The minimum Gasteiger partial charge on any atom is -0.382 e. The minimum absolute atomic E-state index is 0.0981. The molecule has 3 atom stereocenters. The number of carbonyl (C=O) groups is 1. The van der Waals surface area contributed by atoms with E-state index in [1.807, 2.05) is 19.1 Å². The van der Waals surface area contributed by atoms with E-state index in [2.05, 4.69) is 15.6 Å². The van der Waals surface area contributed by atoms with E-state index in [9.17, 15) is 4.79 Å². The fourth-order valence-corrected chi connectivity index (χ4v) is 3.53. The average Bonchev–Trinajstić information content (AvgIpc) is 3.02. The molecule has 0 aliphatic heterocycles. The number of anilines is 1. The summed E-state index contributed by atoms with van der Waals surface area (Å²) >= 11 is 0. The molecule has 0 saturated heterocycles. The predicted octanol–water partition coefficient (Wildman–Crippen LogP) is 2.43. The molecule has 2 saturated carbocycles. The highest BCUT2D eigenvalue weighted by molar-refractivity contribution is 5.93. The van der Waals surface area contributed by atoms with Gasteiger partial charge in [-0.25, -0.2) is 0 Å². The highest BCUT2D eigenvalue weighted by Gasteiger charge is 2.39. The summed E-state index contributed by atoms with van der Waals surface area (Å²) in [6, 6.07) is 4.40. The first kappa shape index (κ1) is 12.5. The van der Waals surface area contributed by atoms with Crippen molar-refractivity contribution in [2.75, 3.05) is 11.9 Å². The largest absolute Gasteiger partial charge is 0.382 e. The lowest BCUT2D eigenvalue weighted by Gasteiger charge is -2.24. The quantitative estimate of drug-likeness (QED) is 0.873. The molecule has 2 N–H and O–H groups in total. The maximum Gasteiger partial charge on any atom is 0.269 e. The lowest BCUT2D eigenvalue weighted by Crippen LogP contribution is -2.27. The highest BCUT2D eigenvalue weighted by Crippen LogP contribution is 2.45. The normalized spacial score (nSPS) is 28.4. The zero-order chi connectivity index (χ0) is 13.2. The van der Waals surface area contributed by atoms with Gasteiger partial charge in [0.1, 0.15) is 5.69 Å². The number of nitrogens with zero attached hydrogens (tertiary/aromatic N) is 1. The van der Waals surface area contributed by atoms with Gasteiger partial charge in [-0.3, -0.25) is 9.78 Å². The molecule has 102 valence electrons. The molecule has 1 amide bonds. The summed E-state index contributed by atoms with van der Waals surface area (Å²) in [4.78, 5) is 15.9. The van der Waals surface area contributed by atoms with E-state index < -0.39 is 0 Å². The molecule has 0 aromatic carbocycles. The summed E-state index contributed by atoms with van der Waals surface area (Å²) < 4.78 is 0. The summed E-state index contributed by atoms with van der Waals surface area (Å²) in [7, 11) is 0. The van der Waals surface area contributed by atoms with Crippen LogP contribution in [-0.2, 0) is 0 Å². The van der Waals surface area contributed by atoms with Crippen molar-refractivity contribution in [2.45, 2.75) is 38.6 Å². The Morgan fingerprint density at radius 2 is 2.32 bits per heavy atom. The van der Waals surface area contributed by atoms with Crippen molar-refractivity contribution in [3.8, 4) is 0 Å². The van der Waals surface area contributed by atoms with E-state index in [1.54, 1.807) is 6.20 Å². The van der Waals surface area contributed by atoms with Crippen LogP contribution in [0.2, 0.25) is 0 Å². The van der Waals surface area contributed by atoms with Crippen LogP contribution in [0.1, 0.15) is 43.1 Å². The maximum absolute atomic E-state index is 11.8. The van der Waals surface area contributed by atoms with Crippen LogP contribution in [0, 0.1) is 11.8 Å². The highest BCUT2D eigenvalue weighted by atomic mass is 16.1. The van der Waals surface area contributed by atoms with Crippen LogP contribution in [0.5, 0.6) is 0 Å². The third-order valence-electron chi connectivity index (χ3n) is 4.42. The Labute approximate surface area is 114 Å². The van der Waals surface area contributed by atoms with Gasteiger partial charge in [0.05, 0.1) is 0 Å². The number of carbonyl (C=O) groups excluding carboxylic acids is 1. The molecule has 2 aliphatic carbocycles. The Balaban J connectivity index is 1.68. The van der Waals surface area contributed by atoms with Gasteiger partial charge in [-0.05, 0) is 50.2 Å². The number of hydrogen-bond donors (Lipinski definition) is 2. The molecular formula is C15H21N3O. The van der Waals surface area contributed by atoms with Crippen LogP contribution in [0.4, 0.5) is 5.69 Å². The zero-order valence-corrected chi connectivity index (χ0v) is 11.4. The van der Waals surface area contributed by atoms with Gasteiger partial charge in [-0.1, -0.05) is 6.42 Å². The molecule has 1 aromatic heterocycles. The molecule has 0 radical (unpaired) electrons. The van der Waals surface area contributed by atoms with Gasteiger partial charge in [-0.15, -0.1) is 0 Å². The first-order valence-corrected chi connectivity index (χ1v) is 7.27. The van der Waals surface area contributed by atoms with E-state index in [0.29, 0.717) is 18.3 Å². The lowest BCUT2D eigenvalue weighted by atomic mass is 9.95. The monoisotopic (exact) mass is 259 g/mol. The lowest BCUT2D eigenvalue weighted by molar-refractivity contribution is 0.0951. The number of hydrogen-bond acceptors (Lipinski definition) is 3. The molecule has 0 spiro atoms. The van der Waals surface area contributed by atoms with Gasteiger partial charge in [0.25, 0.3) is 5.91 Å². The molecule has 3 unspecified atom stereocenters. The van der Waals surface area contributed by atoms with Crippen molar-refractivity contribution in [3.05, 3.63) is 24.0 Å². The van der Waals surface area contributed by atoms with E-state index in [-0.39, 0.29) is 5.91 Å². The van der Waals surface area contributed by atoms with Gasteiger partial charge in [0.2, 0.25) is 0 Å². The Morgan fingerprint density at radius 1 is 1.42 bits per heavy atom. The summed E-state index contributed by atoms with van der Waals surface area (Å²) in [6.45, 7) is 2.54. The first-order valence-electron chi connectivity index (χ1n) is 7.27. The van der Waals surface area contributed by atoms with Crippen LogP contribution >= 0.6 is 0 Å². The summed E-state index contributed by atoms with van der Waals surface area (Å²) in [5.74, 6) is 1.65. The van der Waals surface area contributed by atoms with Gasteiger partial charge < -0.3 is 10.6 Å². The number of pyridine rings is 1. The number of amides is 1. The van der Waals surface area contributed by atoms with Crippen molar-refractivity contribution < 1.29 is 4.79 Å². The Morgan fingerprint density at radius 3 is 3.00 bits per heavy atom. The number of rotatable bonds is 4. The second-order valence-electron chi connectivity index (χ2n) is 5.71. The molecule has 2 fully saturated rings. The van der Waals surface area contributed by atoms with Crippen LogP contribution in [-0.4, -0.2) is 23.5 Å². The molecule has 1 aromatic rings. The molecule has 2 aliphatic rings. The van der Waals surface area contributed by atoms with E-state index in [1.165, 1.54) is 25.7 Å². The van der Waals surface area contributed by atoms with Crippen LogP contribution in [0.15, 0.2) is 18.3 Å². The van der Waals surface area contributed by atoms with E-state index in [4.69, 9.17) is 0 Å². The summed E-state index contributed by atoms with van der Waals surface area (Å²) in [6.07, 6.45) is 7.13. The predicted molar refractivity (Wildman–Crippen MR) is 75.1 cm³/mol. The Bertz CT molecular complexity index is 474. The van der Waals surface area contributed by atoms with Crippen molar-refractivity contribution in [3.63, 3.8) is 0 Å². The van der Waals surface area contributed by atoms with Crippen molar-refractivity contribution in [1.29, 1.82) is 0 Å². The van der Waals surface area contributed by atoms with Crippen molar-refractivity contribution in [2.24, 2.45) is 11.8 Å². The molecule has 4 nitrogen and oxygen atoms in total. The second-order valence-corrected chi connectivity index (χ2v) is 5.71. The van der Waals surface area contributed by atoms with Crippen molar-refractivity contribution >= 4 is 11.6 Å². The fraction of sp³-hybridized carbons (Fsp3) is 0.600. The Hall–Kier alpha value is -1.58. The maximum atomic E-state index is 11.8. The average molecular weight is 259 g/mol. The zero-order valence-electron chi connectivity index (χ0n) is 11.4. The molecular weight excluding hydrogens is 238 g/mol. The Kier molecular flexibility index (Phi) is 3.40. The first-order chi connectivity index (χ1) is 9.26. The van der Waals surface area contributed by atoms with Gasteiger partial charge in [-0.2, -0.15) is 0 Å². The van der Waals surface area contributed by atoms with Crippen LogP contribution in [0.3, 0.4) is 0 Å². The number of nitrogens with one attached hydrogen (secondary N) is 2. The minimum atomic E-state index is -0.0981. The molecule has 1 heterocycles. The molecule has 4 heteroatoms. The van der Waals surface area contributed by atoms with Gasteiger partial charge in [0, 0.05) is 24.5 Å². The van der Waals surface area contributed by atoms with Gasteiger partial charge in [0.15, 0.2) is 0 Å². The molecule has 3 rings (SSSR count). The fourth-order valence-electron chi connectivity index (χ4n) is 3.53. The molecule has 2 bridgehead atoms. The third-order valence-corrected chi connectivity index (χ3v) is 4.42. The van der Waals surface area contributed by atoms with Gasteiger partial charge >= 0.3 is 0 Å². The SMILES string of the molecule is CCNC(=O)c1cc(NC2CC3CCC2C3)ccn1. The number of fused-ring (bicyclic) bond motifs is 2. The third kappa shape index (κ3) is 2.57. The van der Waals surface area contributed by atoms with E-state index in [0.717, 1.165) is 17.5 Å². The second kappa shape index (κ2) is 5.19. The smallest absolute Gasteiger partial charge is 0.269 e. The number of aromatic nitrogens is 1. The van der Waals surface area contributed by atoms with Crippen molar-refractivity contribution in [1.82, 2.24) is 10.3 Å². The standard InChI is InChI=1S/C15H21N3O/c1-2-16-15(19)14-9-12(5-6-17-14)18-13-8-10-3-4-11(13)7-10/h5-6,9-11,13H,2-4,7-8H2,1H3,(H,16,19)(H,17,18). The van der Waals surface area contributed by atoms with Crippen LogP contribution in [0.25, 0.3) is 0 Å². The summed E-state index contributed by atoms with van der Waals surface area (Å²) in [5.41, 5.74) is 1.52.